The van der Waals surface area contributed by atoms with Crippen molar-refractivity contribution in [3.8, 4) is 0 Å². The van der Waals surface area contributed by atoms with E-state index in [1.165, 1.54) is 36.8 Å². The van der Waals surface area contributed by atoms with Crippen molar-refractivity contribution in [3.63, 3.8) is 0 Å². The molecule has 1 fully saturated rings. The molecule has 0 aromatic heterocycles. The van der Waals surface area contributed by atoms with Gasteiger partial charge in [-0.2, -0.15) is 0 Å². The summed E-state index contributed by atoms with van der Waals surface area (Å²) < 4.78 is 0. The van der Waals surface area contributed by atoms with Crippen LogP contribution in [0.15, 0.2) is 60.7 Å². The maximum Gasteiger partial charge on any atom is 0.0578 e. The lowest BCUT2D eigenvalue weighted by Crippen LogP contribution is -2.33. The second kappa shape index (κ2) is 6.91. The molecular formula is C20H25N. The summed E-state index contributed by atoms with van der Waals surface area (Å²) in [5.41, 5.74) is 2.72. The summed E-state index contributed by atoms with van der Waals surface area (Å²) in [7, 11) is 0. The van der Waals surface area contributed by atoms with Gasteiger partial charge >= 0.3 is 0 Å². The number of benzene rings is 2. The van der Waals surface area contributed by atoms with Crippen LogP contribution in [-0.2, 0) is 0 Å². The number of nitrogens with one attached hydrogen (secondary N) is 1. The highest BCUT2D eigenvalue weighted by molar-refractivity contribution is 5.31. The molecule has 0 radical (unpaired) electrons. The third kappa shape index (κ3) is 3.95. The number of hydrogen-bond acceptors (Lipinski definition) is 1. The Labute approximate surface area is 128 Å². The van der Waals surface area contributed by atoms with E-state index in [2.05, 4.69) is 72.9 Å². The first-order chi connectivity index (χ1) is 10.4. The Morgan fingerprint density at radius 2 is 1.43 bits per heavy atom. The molecule has 0 aliphatic heterocycles. The summed E-state index contributed by atoms with van der Waals surface area (Å²) in [6.07, 6.45) is 5.39. The summed E-state index contributed by atoms with van der Waals surface area (Å²) in [6, 6.07) is 22.6. The van der Waals surface area contributed by atoms with E-state index < -0.39 is 0 Å². The van der Waals surface area contributed by atoms with Crippen molar-refractivity contribution in [2.75, 3.05) is 0 Å². The Hall–Kier alpha value is -1.60. The molecule has 2 aromatic carbocycles. The van der Waals surface area contributed by atoms with Gasteiger partial charge in [0.15, 0.2) is 0 Å². The number of hydrogen-bond donors (Lipinski definition) is 1. The Morgan fingerprint density at radius 1 is 0.905 bits per heavy atom. The largest absolute Gasteiger partial charge is 0.303 e. The van der Waals surface area contributed by atoms with Crippen molar-refractivity contribution in [2.24, 2.45) is 5.92 Å². The second-order valence-electron chi connectivity index (χ2n) is 6.21. The highest BCUT2D eigenvalue weighted by atomic mass is 15.0. The molecule has 1 N–H and O–H groups in total. The van der Waals surface area contributed by atoms with Gasteiger partial charge in [0.25, 0.3) is 0 Å². The molecule has 3 rings (SSSR count). The zero-order valence-corrected chi connectivity index (χ0v) is 12.8. The Morgan fingerprint density at radius 3 is 1.86 bits per heavy atom. The molecule has 0 spiro atoms. The average molecular weight is 279 g/mol. The van der Waals surface area contributed by atoms with E-state index >= 15 is 0 Å². The predicted octanol–water partition coefficient (Wildman–Crippen LogP) is 4.94. The Kier molecular flexibility index (Phi) is 4.72. The van der Waals surface area contributed by atoms with Crippen LogP contribution < -0.4 is 5.32 Å². The van der Waals surface area contributed by atoms with Crippen molar-refractivity contribution in [1.82, 2.24) is 5.32 Å². The zero-order chi connectivity index (χ0) is 14.5. The third-order valence-corrected chi connectivity index (χ3v) is 4.48. The first-order valence-corrected chi connectivity index (χ1v) is 8.22. The van der Waals surface area contributed by atoms with Crippen molar-refractivity contribution >= 4 is 0 Å². The molecule has 1 atom stereocenters. The average Bonchev–Trinajstić information content (AvgIpc) is 3.37. The topological polar surface area (TPSA) is 12.0 Å². The van der Waals surface area contributed by atoms with E-state index in [1.54, 1.807) is 0 Å². The predicted molar refractivity (Wildman–Crippen MR) is 89.3 cm³/mol. The van der Waals surface area contributed by atoms with Crippen LogP contribution in [0.3, 0.4) is 0 Å². The molecule has 1 heteroatoms. The normalized spacial score (nSPS) is 16.1. The number of rotatable bonds is 7. The highest BCUT2D eigenvalue weighted by Crippen LogP contribution is 2.35. The lowest BCUT2D eigenvalue weighted by molar-refractivity contribution is 0.416. The minimum Gasteiger partial charge on any atom is -0.303 e. The van der Waals surface area contributed by atoms with Crippen LogP contribution in [0.25, 0.3) is 0 Å². The molecule has 1 aliphatic carbocycles. The van der Waals surface area contributed by atoms with Crippen LogP contribution in [0.4, 0.5) is 0 Å². The molecule has 0 amide bonds. The first-order valence-electron chi connectivity index (χ1n) is 8.22. The van der Waals surface area contributed by atoms with Gasteiger partial charge in [0.05, 0.1) is 6.04 Å². The van der Waals surface area contributed by atoms with Crippen LogP contribution in [0.2, 0.25) is 0 Å². The van der Waals surface area contributed by atoms with Gasteiger partial charge in [0.1, 0.15) is 0 Å². The van der Waals surface area contributed by atoms with Crippen molar-refractivity contribution < 1.29 is 0 Å². The molecular weight excluding hydrogens is 254 g/mol. The second-order valence-corrected chi connectivity index (χ2v) is 6.21. The summed E-state index contributed by atoms with van der Waals surface area (Å²) in [5.74, 6) is 0.967. The van der Waals surface area contributed by atoms with E-state index in [0.717, 1.165) is 5.92 Å². The van der Waals surface area contributed by atoms with Crippen molar-refractivity contribution in [3.05, 3.63) is 71.8 Å². The molecule has 0 heterocycles. The molecule has 1 aliphatic rings. The molecule has 1 saturated carbocycles. The Balaban J connectivity index is 1.81. The lowest BCUT2D eigenvalue weighted by atomic mass is 9.96. The third-order valence-electron chi connectivity index (χ3n) is 4.48. The summed E-state index contributed by atoms with van der Waals surface area (Å²) in [4.78, 5) is 0. The van der Waals surface area contributed by atoms with Crippen molar-refractivity contribution in [2.45, 2.75) is 44.7 Å². The van der Waals surface area contributed by atoms with Gasteiger partial charge in [-0.05, 0) is 29.9 Å². The summed E-state index contributed by atoms with van der Waals surface area (Å²) >= 11 is 0. The van der Waals surface area contributed by atoms with Gasteiger partial charge in [-0.15, -0.1) is 0 Å². The van der Waals surface area contributed by atoms with E-state index in [4.69, 9.17) is 0 Å². The van der Waals surface area contributed by atoms with Crippen LogP contribution >= 0.6 is 0 Å². The quantitative estimate of drug-likeness (QED) is 0.756. The fourth-order valence-electron chi connectivity index (χ4n) is 3.02. The van der Waals surface area contributed by atoms with E-state index in [-0.39, 0.29) is 0 Å². The van der Waals surface area contributed by atoms with Crippen LogP contribution in [-0.4, -0.2) is 6.04 Å². The van der Waals surface area contributed by atoms with Gasteiger partial charge in [-0.3, -0.25) is 0 Å². The molecule has 0 saturated heterocycles. The van der Waals surface area contributed by atoms with E-state index in [0.29, 0.717) is 12.1 Å². The van der Waals surface area contributed by atoms with Gasteiger partial charge in [-0.1, -0.05) is 80.4 Å². The highest BCUT2D eigenvalue weighted by Gasteiger charge is 2.26. The molecule has 1 unspecified atom stereocenters. The monoisotopic (exact) mass is 279 g/mol. The molecule has 1 nitrogen and oxygen atoms in total. The van der Waals surface area contributed by atoms with E-state index in [1.807, 2.05) is 0 Å². The smallest absolute Gasteiger partial charge is 0.0578 e. The summed E-state index contributed by atoms with van der Waals surface area (Å²) in [5, 5.41) is 3.91. The van der Waals surface area contributed by atoms with Crippen LogP contribution in [0.1, 0.15) is 49.8 Å². The maximum atomic E-state index is 3.91. The Bertz CT molecular complexity index is 491. The van der Waals surface area contributed by atoms with Gasteiger partial charge < -0.3 is 5.32 Å². The SMILES string of the molecule is CCC(CC1CC1)NC(c1ccccc1)c1ccccc1. The van der Waals surface area contributed by atoms with Gasteiger partial charge in [-0.25, -0.2) is 0 Å². The fourth-order valence-corrected chi connectivity index (χ4v) is 3.02. The van der Waals surface area contributed by atoms with Gasteiger partial charge in [0.2, 0.25) is 0 Å². The minimum absolute atomic E-state index is 0.302. The lowest BCUT2D eigenvalue weighted by Gasteiger charge is -2.26. The van der Waals surface area contributed by atoms with E-state index in [9.17, 15) is 0 Å². The molecule has 110 valence electrons. The van der Waals surface area contributed by atoms with Crippen LogP contribution in [0, 0.1) is 5.92 Å². The zero-order valence-electron chi connectivity index (χ0n) is 12.8. The summed E-state index contributed by atoms with van der Waals surface area (Å²) in [6.45, 7) is 2.30. The van der Waals surface area contributed by atoms with Gasteiger partial charge in [0, 0.05) is 6.04 Å². The molecule has 21 heavy (non-hydrogen) atoms. The standard InChI is InChI=1S/C20H25N/c1-2-19(15-16-13-14-16)21-20(17-9-5-3-6-10-17)18-11-7-4-8-12-18/h3-12,16,19-21H,2,13-15H2,1H3. The fraction of sp³-hybridized carbons (Fsp3) is 0.400. The molecule has 0 bridgehead atoms. The first kappa shape index (κ1) is 14.3. The van der Waals surface area contributed by atoms with Crippen molar-refractivity contribution in [1.29, 1.82) is 0 Å². The minimum atomic E-state index is 0.302. The van der Waals surface area contributed by atoms with Crippen LogP contribution in [0.5, 0.6) is 0 Å². The molecule has 2 aromatic rings. The maximum absolute atomic E-state index is 3.91.